The zero-order chi connectivity index (χ0) is 22.0. The predicted octanol–water partition coefficient (Wildman–Crippen LogP) is -7.31. The fraction of sp³-hybridized carbons (Fsp3) is 0. The Hall–Kier alpha value is -0.613. The Balaban J connectivity index is -0.000000129. The number of benzene rings is 1. The molecule has 0 saturated carbocycles. The molecule has 12 nitrogen and oxygen atoms in total. The van der Waals surface area contributed by atoms with Gasteiger partial charge in [0.2, 0.25) is 0 Å². The van der Waals surface area contributed by atoms with Gasteiger partial charge in [0.05, 0.1) is 0 Å². The number of rotatable bonds is 0. The maximum absolute atomic E-state index is 12.2. The van der Waals surface area contributed by atoms with Crippen LogP contribution >= 0.6 is 0 Å². The molecule has 12 N–H and O–H groups in total. The SMILES string of the molecule is OB(O)O.OB(O)O.OB(O)O.OB(O)O.[Li][c]1cc(F)c(F)c(F)c1. The van der Waals surface area contributed by atoms with Crippen LogP contribution in [0.3, 0.4) is 0 Å². The minimum absolute atomic E-state index is 0.372. The van der Waals surface area contributed by atoms with Crippen LogP contribution in [0.1, 0.15) is 0 Å². The molecular formula is C6H14B4F3LiO12. The van der Waals surface area contributed by atoms with E-state index in [1.54, 1.807) is 0 Å². The van der Waals surface area contributed by atoms with Gasteiger partial charge >= 0.3 is 94.0 Å². The molecule has 0 unspecified atom stereocenters. The van der Waals surface area contributed by atoms with Gasteiger partial charge in [0.25, 0.3) is 0 Å². The Bertz CT molecular complexity index is 387. The summed E-state index contributed by atoms with van der Waals surface area (Å²) in [6.45, 7) is 0. The van der Waals surface area contributed by atoms with E-state index in [1.807, 2.05) is 0 Å². The van der Waals surface area contributed by atoms with E-state index >= 15 is 0 Å². The molecule has 0 aliphatic carbocycles. The van der Waals surface area contributed by atoms with Gasteiger partial charge < -0.3 is 60.3 Å². The van der Waals surface area contributed by atoms with Gasteiger partial charge in [0.1, 0.15) is 0 Å². The van der Waals surface area contributed by atoms with Gasteiger partial charge in [-0.05, 0) is 0 Å². The predicted molar refractivity (Wildman–Crippen MR) is 81.3 cm³/mol. The summed E-state index contributed by atoms with van der Waals surface area (Å²) in [6, 6.07) is 1.89. The molecule has 1 rings (SSSR count). The quantitative estimate of drug-likeness (QED) is 0.147. The summed E-state index contributed by atoms with van der Waals surface area (Å²) < 4.78 is 37.0. The number of halogens is 3. The molecule has 0 saturated heterocycles. The van der Waals surface area contributed by atoms with Gasteiger partial charge in [0.15, 0.2) is 0 Å². The third kappa shape index (κ3) is 49.5. The molecule has 144 valence electrons. The van der Waals surface area contributed by atoms with Crippen LogP contribution in [-0.2, 0) is 0 Å². The number of hydrogen-bond donors (Lipinski definition) is 12. The zero-order valence-electron chi connectivity index (χ0n) is 13.0. The standard InChI is InChI=1S/C6H2F3.4BH3O3.Li/c7-4-2-1-3-5(8)6(4)9;4*2-1(3)4;/h2-3H;4*2-4H;. The van der Waals surface area contributed by atoms with Crippen molar-refractivity contribution >= 4 is 51.2 Å². The van der Waals surface area contributed by atoms with Gasteiger partial charge in [-0.15, -0.1) is 0 Å². The molecule has 0 fully saturated rings. The van der Waals surface area contributed by atoms with Crippen LogP contribution in [0.5, 0.6) is 0 Å². The Morgan fingerprint density at radius 1 is 0.538 bits per heavy atom. The third-order valence-electron chi connectivity index (χ3n) is 1.13. The molecule has 0 bridgehead atoms. The van der Waals surface area contributed by atoms with E-state index in [2.05, 4.69) is 0 Å². The summed E-state index contributed by atoms with van der Waals surface area (Å²) >= 11 is 1.49. The first-order valence-electron chi connectivity index (χ1n) is 5.82. The van der Waals surface area contributed by atoms with Crippen LogP contribution in [-0.4, -0.2) is 107 Å². The summed E-state index contributed by atoms with van der Waals surface area (Å²) in [6.07, 6.45) is 0. The second-order valence-electron chi connectivity index (χ2n) is 3.43. The molecule has 0 spiro atoms. The Labute approximate surface area is 155 Å². The molecule has 1 aromatic rings. The Kier molecular flexibility index (Phi) is 26.3. The first-order chi connectivity index (χ1) is 11.5. The number of hydrogen-bond acceptors (Lipinski definition) is 12. The van der Waals surface area contributed by atoms with Crippen molar-refractivity contribution in [1.29, 1.82) is 0 Å². The molecule has 0 heterocycles. The fourth-order valence-corrected chi connectivity index (χ4v) is 0.682. The summed E-state index contributed by atoms with van der Waals surface area (Å²) in [5.41, 5.74) is 0. The van der Waals surface area contributed by atoms with Crippen molar-refractivity contribution < 1.29 is 73.5 Å². The molecule has 0 aliphatic rings. The van der Waals surface area contributed by atoms with Gasteiger partial charge in [-0.3, -0.25) is 0 Å². The average Bonchev–Trinajstić information content (AvgIpc) is 2.32. The molecule has 0 radical (unpaired) electrons. The summed E-state index contributed by atoms with van der Waals surface area (Å²) in [5, 5.41) is 86.0. The van der Waals surface area contributed by atoms with E-state index in [0.717, 1.165) is 12.1 Å². The minimum atomic E-state index is -2.17. The van der Waals surface area contributed by atoms with E-state index < -0.39 is 46.7 Å². The summed E-state index contributed by atoms with van der Waals surface area (Å²) in [5.74, 6) is -3.69. The molecule has 20 heteroatoms. The first-order valence-corrected chi connectivity index (χ1v) is 5.82. The van der Waals surface area contributed by atoms with Crippen molar-refractivity contribution in [1.82, 2.24) is 0 Å². The fourth-order valence-electron chi connectivity index (χ4n) is 0.682. The second-order valence-corrected chi connectivity index (χ2v) is 3.43. The van der Waals surface area contributed by atoms with Crippen LogP contribution in [0.25, 0.3) is 0 Å². The van der Waals surface area contributed by atoms with Crippen molar-refractivity contribution in [3.8, 4) is 0 Å². The van der Waals surface area contributed by atoms with E-state index in [9.17, 15) is 13.2 Å². The van der Waals surface area contributed by atoms with Crippen LogP contribution in [0.4, 0.5) is 13.2 Å². The van der Waals surface area contributed by atoms with Gasteiger partial charge in [-0.1, -0.05) is 0 Å². The van der Waals surface area contributed by atoms with Crippen LogP contribution in [0.2, 0.25) is 0 Å². The van der Waals surface area contributed by atoms with Crippen LogP contribution < -0.4 is 4.24 Å². The van der Waals surface area contributed by atoms with Crippen molar-refractivity contribution in [3.05, 3.63) is 29.6 Å². The molecule has 0 amide bonds. The maximum atomic E-state index is 12.2. The monoisotopic (exact) mass is 386 g/mol. The van der Waals surface area contributed by atoms with Gasteiger partial charge in [-0.25, -0.2) is 0 Å². The summed E-state index contributed by atoms with van der Waals surface area (Å²) in [7, 11) is -8.67. The van der Waals surface area contributed by atoms with Crippen molar-refractivity contribution in [2.75, 3.05) is 0 Å². The molecule has 0 aliphatic heterocycles. The van der Waals surface area contributed by atoms with E-state index in [4.69, 9.17) is 60.3 Å². The normalized spacial score (nSPS) is 8.04. The summed E-state index contributed by atoms with van der Waals surface area (Å²) in [4.78, 5) is 0. The van der Waals surface area contributed by atoms with Crippen molar-refractivity contribution in [2.45, 2.75) is 0 Å². The van der Waals surface area contributed by atoms with Crippen molar-refractivity contribution in [3.63, 3.8) is 0 Å². The van der Waals surface area contributed by atoms with Crippen LogP contribution in [0.15, 0.2) is 12.1 Å². The second kappa shape index (κ2) is 20.7. The molecule has 0 aromatic heterocycles. The molecular weight excluding hydrogens is 371 g/mol. The van der Waals surface area contributed by atoms with E-state index in [1.165, 1.54) is 17.7 Å². The van der Waals surface area contributed by atoms with E-state index in [0.29, 0.717) is 4.24 Å². The van der Waals surface area contributed by atoms with Gasteiger partial charge in [0, 0.05) is 0 Å². The Morgan fingerprint density at radius 2 is 0.692 bits per heavy atom. The Morgan fingerprint density at radius 3 is 0.846 bits per heavy atom. The molecule has 26 heavy (non-hydrogen) atoms. The van der Waals surface area contributed by atoms with E-state index in [-0.39, 0.29) is 0 Å². The molecule has 0 atom stereocenters. The van der Waals surface area contributed by atoms with Crippen molar-refractivity contribution in [2.24, 2.45) is 0 Å². The molecule has 1 aromatic carbocycles. The zero-order valence-corrected chi connectivity index (χ0v) is 13.0. The first kappa shape index (κ1) is 33.0. The average molecular weight is 385 g/mol. The third-order valence-corrected chi connectivity index (χ3v) is 1.13. The van der Waals surface area contributed by atoms with Gasteiger partial charge in [-0.2, -0.15) is 0 Å². The topological polar surface area (TPSA) is 243 Å². The van der Waals surface area contributed by atoms with Crippen LogP contribution in [0, 0.1) is 17.5 Å².